The summed E-state index contributed by atoms with van der Waals surface area (Å²) < 4.78 is 5.26. The van der Waals surface area contributed by atoms with Gasteiger partial charge in [-0.3, -0.25) is 0 Å². The summed E-state index contributed by atoms with van der Waals surface area (Å²) in [6, 6.07) is 4.70. The molecule has 1 aromatic rings. The Morgan fingerprint density at radius 1 is 1.11 bits per heavy atom. The smallest absolute Gasteiger partial charge is 0.292 e. The topological polar surface area (TPSA) is 33.0 Å². The molecule has 0 saturated heterocycles. The summed E-state index contributed by atoms with van der Waals surface area (Å²) in [5, 5.41) is 8.98. The molecule has 27 heavy (non-hydrogen) atoms. The number of nitriles is 1. The van der Waals surface area contributed by atoms with Gasteiger partial charge in [0.25, 0.3) is 6.26 Å². The first-order valence-corrected chi connectivity index (χ1v) is 10.9. The Hall–Kier alpha value is -1.49. The minimum atomic E-state index is 0.333. The Kier molecular flexibility index (Phi) is 4.37. The summed E-state index contributed by atoms with van der Waals surface area (Å²) in [5.74, 6) is 2.42. The normalized spacial score (nSPS) is 36.9. The van der Waals surface area contributed by atoms with Gasteiger partial charge in [-0.1, -0.05) is 39.3 Å². The van der Waals surface area contributed by atoms with Gasteiger partial charge in [-0.05, 0) is 104 Å². The van der Waals surface area contributed by atoms with E-state index in [-0.39, 0.29) is 0 Å². The molecular weight excluding hydrogens is 330 g/mol. The lowest BCUT2D eigenvalue weighted by Gasteiger charge is -2.68. The second kappa shape index (κ2) is 6.26. The minimum absolute atomic E-state index is 0.333. The predicted octanol–water partition coefficient (Wildman–Crippen LogP) is 6.83. The van der Waals surface area contributed by atoms with Gasteiger partial charge in [0.1, 0.15) is 5.75 Å². The SMILES string of the molecule is CCCC12CC3CC(c4cc(C)c(OC#N)c(C)c4)(C1)CC(C(C)C)(C3)C2. The maximum Gasteiger partial charge on any atom is 0.292 e. The lowest BCUT2D eigenvalue weighted by atomic mass is 9.36. The van der Waals surface area contributed by atoms with Gasteiger partial charge in [0.15, 0.2) is 0 Å². The summed E-state index contributed by atoms with van der Waals surface area (Å²) in [6.07, 6.45) is 13.0. The number of hydrogen-bond donors (Lipinski definition) is 0. The van der Waals surface area contributed by atoms with Gasteiger partial charge in [-0.15, -0.1) is 5.26 Å². The molecule has 0 aliphatic heterocycles. The lowest BCUT2D eigenvalue weighted by molar-refractivity contribution is -0.148. The Labute approximate surface area is 165 Å². The maximum atomic E-state index is 8.98. The second-order valence-corrected chi connectivity index (χ2v) is 10.7. The van der Waals surface area contributed by atoms with Crippen LogP contribution in [-0.4, -0.2) is 0 Å². The molecule has 146 valence electrons. The number of aryl methyl sites for hydroxylation is 2. The highest BCUT2D eigenvalue weighted by molar-refractivity contribution is 5.47. The largest absolute Gasteiger partial charge is 0.387 e. The molecule has 0 amide bonds. The van der Waals surface area contributed by atoms with Crippen LogP contribution in [0.3, 0.4) is 0 Å². The molecule has 1 aromatic carbocycles. The average Bonchev–Trinajstić information content (AvgIpc) is 2.56. The van der Waals surface area contributed by atoms with Gasteiger partial charge in [-0.25, -0.2) is 0 Å². The first-order chi connectivity index (χ1) is 12.8. The fraction of sp³-hybridized carbons (Fsp3) is 0.720. The van der Waals surface area contributed by atoms with E-state index < -0.39 is 0 Å². The molecule has 0 radical (unpaired) electrons. The van der Waals surface area contributed by atoms with Crippen LogP contribution in [0.4, 0.5) is 0 Å². The van der Waals surface area contributed by atoms with Crippen molar-refractivity contribution >= 4 is 0 Å². The van der Waals surface area contributed by atoms with Crippen LogP contribution in [0.5, 0.6) is 5.75 Å². The van der Waals surface area contributed by atoms with E-state index in [1.165, 1.54) is 56.9 Å². The van der Waals surface area contributed by atoms with Crippen molar-refractivity contribution in [1.29, 1.82) is 5.26 Å². The molecule has 0 N–H and O–H groups in total. The third-order valence-corrected chi connectivity index (χ3v) is 8.45. The third-order valence-electron chi connectivity index (χ3n) is 8.45. The summed E-state index contributed by atoms with van der Waals surface area (Å²) in [4.78, 5) is 0. The van der Waals surface area contributed by atoms with Gasteiger partial charge < -0.3 is 4.74 Å². The standard InChI is InChI=1S/C25H35NO/c1-6-7-23-10-20-11-24(13-23,17(2)3)15-25(12-20,14-23)21-8-18(4)22(27-16-26)19(5)9-21/h8-9,17,20H,6-7,10-15H2,1-5H3. The molecule has 2 nitrogen and oxygen atoms in total. The van der Waals surface area contributed by atoms with Crippen molar-refractivity contribution in [3.8, 4) is 12.0 Å². The van der Waals surface area contributed by atoms with Crippen molar-refractivity contribution < 1.29 is 4.74 Å². The van der Waals surface area contributed by atoms with Crippen molar-refractivity contribution in [1.82, 2.24) is 0 Å². The number of rotatable bonds is 5. The quantitative estimate of drug-likeness (QED) is 0.536. The Balaban J connectivity index is 1.82. The number of nitrogens with zero attached hydrogens (tertiary/aromatic N) is 1. The summed E-state index contributed by atoms with van der Waals surface area (Å²) in [7, 11) is 0. The minimum Gasteiger partial charge on any atom is -0.387 e. The monoisotopic (exact) mass is 365 g/mol. The molecule has 4 fully saturated rings. The average molecular weight is 366 g/mol. The van der Waals surface area contributed by atoms with E-state index in [9.17, 15) is 0 Å². The van der Waals surface area contributed by atoms with Crippen molar-refractivity contribution in [2.24, 2.45) is 22.7 Å². The Morgan fingerprint density at radius 3 is 2.41 bits per heavy atom. The van der Waals surface area contributed by atoms with Crippen LogP contribution in [-0.2, 0) is 5.41 Å². The molecule has 4 unspecified atom stereocenters. The van der Waals surface area contributed by atoms with Gasteiger partial charge in [0.05, 0.1) is 0 Å². The van der Waals surface area contributed by atoms with Crippen molar-refractivity contribution in [3.63, 3.8) is 0 Å². The first-order valence-electron chi connectivity index (χ1n) is 10.9. The molecule has 4 aliphatic carbocycles. The molecule has 0 heterocycles. The van der Waals surface area contributed by atoms with Crippen LogP contribution in [0.2, 0.25) is 0 Å². The third kappa shape index (κ3) is 2.81. The van der Waals surface area contributed by atoms with Gasteiger partial charge in [-0.2, -0.15) is 0 Å². The molecular formula is C25H35NO. The number of benzene rings is 1. The van der Waals surface area contributed by atoms with Gasteiger partial charge in [0.2, 0.25) is 0 Å². The fourth-order valence-electron chi connectivity index (χ4n) is 7.95. The molecule has 4 saturated carbocycles. The molecule has 2 heteroatoms. The highest BCUT2D eigenvalue weighted by atomic mass is 16.5. The number of ether oxygens (including phenoxy) is 1. The summed E-state index contributed by atoms with van der Waals surface area (Å²) >= 11 is 0. The van der Waals surface area contributed by atoms with Crippen LogP contribution in [0.15, 0.2) is 12.1 Å². The molecule has 4 bridgehead atoms. The number of hydrogen-bond acceptors (Lipinski definition) is 2. The van der Waals surface area contributed by atoms with E-state index in [0.29, 0.717) is 16.2 Å². The van der Waals surface area contributed by atoms with Crippen LogP contribution >= 0.6 is 0 Å². The van der Waals surface area contributed by atoms with E-state index in [2.05, 4.69) is 46.8 Å². The van der Waals surface area contributed by atoms with E-state index in [0.717, 1.165) is 28.7 Å². The zero-order valence-electron chi connectivity index (χ0n) is 17.8. The lowest BCUT2D eigenvalue weighted by Crippen LogP contribution is -2.60. The summed E-state index contributed by atoms with van der Waals surface area (Å²) in [6.45, 7) is 11.5. The molecule has 4 atom stereocenters. The van der Waals surface area contributed by atoms with E-state index in [4.69, 9.17) is 10.00 Å². The van der Waals surface area contributed by atoms with Crippen molar-refractivity contribution in [2.45, 2.75) is 91.4 Å². The van der Waals surface area contributed by atoms with Gasteiger partial charge >= 0.3 is 0 Å². The maximum absolute atomic E-state index is 8.98. The highest BCUT2D eigenvalue weighted by Gasteiger charge is 2.63. The highest BCUT2D eigenvalue weighted by Crippen LogP contribution is 2.73. The van der Waals surface area contributed by atoms with Gasteiger partial charge in [0, 0.05) is 0 Å². The predicted molar refractivity (Wildman–Crippen MR) is 110 cm³/mol. The molecule has 5 rings (SSSR count). The van der Waals surface area contributed by atoms with Crippen molar-refractivity contribution in [2.75, 3.05) is 0 Å². The van der Waals surface area contributed by atoms with Crippen LogP contribution in [0, 0.1) is 48.0 Å². The van der Waals surface area contributed by atoms with Crippen LogP contribution < -0.4 is 4.74 Å². The fourth-order valence-corrected chi connectivity index (χ4v) is 7.95. The summed E-state index contributed by atoms with van der Waals surface area (Å²) in [5.41, 5.74) is 5.17. The van der Waals surface area contributed by atoms with E-state index in [1.807, 2.05) is 6.26 Å². The van der Waals surface area contributed by atoms with Crippen molar-refractivity contribution in [3.05, 3.63) is 28.8 Å². The Bertz CT molecular complexity index is 767. The zero-order valence-corrected chi connectivity index (χ0v) is 17.8. The first kappa shape index (κ1) is 18.9. The molecule has 0 aromatic heterocycles. The molecule has 4 aliphatic rings. The van der Waals surface area contributed by atoms with E-state index in [1.54, 1.807) is 0 Å². The Morgan fingerprint density at radius 2 is 1.81 bits per heavy atom. The van der Waals surface area contributed by atoms with E-state index >= 15 is 0 Å². The van der Waals surface area contributed by atoms with Crippen LogP contribution in [0.1, 0.15) is 88.8 Å². The van der Waals surface area contributed by atoms with Crippen LogP contribution in [0.25, 0.3) is 0 Å². The zero-order chi connectivity index (χ0) is 19.4. The second-order valence-electron chi connectivity index (χ2n) is 10.7. The molecule has 0 spiro atoms.